The Hall–Kier alpha value is -2.02. The van der Waals surface area contributed by atoms with Crippen LogP contribution in [0.2, 0.25) is 0 Å². The molecule has 3 rings (SSSR count). The summed E-state index contributed by atoms with van der Waals surface area (Å²) in [6, 6.07) is 4.84. The minimum Gasteiger partial charge on any atom is -0.302 e. The molecular weight excluding hydrogens is 362 g/mol. The lowest BCUT2D eigenvalue weighted by Crippen LogP contribution is -2.17. The van der Waals surface area contributed by atoms with Crippen molar-refractivity contribution >= 4 is 42.9 Å². The van der Waals surface area contributed by atoms with Gasteiger partial charge in [-0.2, -0.15) is 8.42 Å². The number of halogens is 2. The number of thiophene rings is 1. The lowest BCUT2D eigenvalue weighted by molar-refractivity contribution is 0.585. The van der Waals surface area contributed by atoms with Crippen LogP contribution in [0.25, 0.3) is 10.2 Å². The number of nitrogens with zero attached hydrogens (tertiary/aromatic N) is 2. The fourth-order valence-electron chi connectivity index (χ4n) is 2.00. The van der Waals surface area contributed by atoms with Gasteiger partial charge in [0.15, 0.2) is 5.82 Å². The molecule has 0 amide bonds. The van der Waals surface area contributed by atoms with Gasteiger partial charge in [-0.1, -0.05) is 23.3 Å². The van der Waals surface area contributed by atoms with Crippen LogP contribution in [0.5, 0.6) is 0 Å². The maximum atomic E-state index is 14.0. The molecule has 3 aromatic rings. The highest BCUT2D eigenvalue weighted by Crippen LogP contribution is 2.23. The third-order valence-electron chi connectivity index (χ3n) is 2.89. The lowest BCUT2D eigenvalue weighted by atomic mass is 10.3. The summed E-state index contributed by atoms with van der Waals surface area (Å²) >= 11 is 1.88. The summed E-state index contributed by atoms with van der Waals surface area (Å²) < 4.78 is 57.2. The summed E-state index contributed by atoms with van der Waals surface area (Å²) in [5.41, 5.74) is 0.0366. The van der Waals surface area contributed by atoms with E-state index in [0.29, 0.717) is 0 Å². The predicted molar refractivity (Wildman–Crippen MR) is 85.6 cm³/mol. The molecule has 2 aromatic heterocycles. The van der Waals surface area contributed by atoms with E-state index in [4.69, 9.17) is 6.42 Å². The second-order valence-electron chi connectivity index (χ2n) is 4.41. The Kier molecular flexibility index (Phi) is 4.06. The zero-order valence-corrected chi connectivity index (χ0v) is 13.8. The first kappa shape index (κ1) is 15.9. The molecule has 1 aromatic carbocycles. The summed E-state index contributed by atoms with van der Waals surface area (Å²) in [7, 11) is -3.93. The van der Waals surface area contributed by atoms with E-state index in [2.05, 4.69) is 10.3 Å². The van der Waals surface area contributed by atoms with Gasteiger partial charge in [0.1, 0.15) is 10.0 Å². The molecule has 4 nitrogen and oxygen atoms in total. The molecule has 0 N–H and O–H groups in total. The second kappa shape index (κ2) is 5.88. The van der Waals surface area contributed by atoms with Crippen LogP contribution in [0.4, 0.5) is 8.78 Å². The molecule has 23 heavy (non-hydrogen) atoms. The monoisotopic (exact) mass is 370 g/mol. The van der Waals surface area contributed by atoms with Crippen LogP contribution in [0.1, 0.15) is 0 Å². The number of terminal acetylenes is 1. The molecule has 9 heteroatoms. The minimum atomic E-state index is -3.93. The van der Waals surface area contributed by atoms with Gasteiger partial charge in [0.2, 0.25) is 4.80 Å². The van der Waals surface area contributed by atoms with Gasteiger partial charge in [-0.25, -0.2) is 8.78 Å². The van der Waals surface area contributed by atoms with Crippen molar-refractivity contribution in [2.75, 3.05) is 0 Å². The van der Waals surface area contributed by atoms with Crippen molar-refractivity contribution in [3.05, 3.63) is 46.1 Å². The van der Waals surface area contributed by atoms with E-state index in [1.165, 1.54) is 10.6 Å². The van der Waals surface area contributed by atoms with E-state index in [9.17, 15) is 17.2 Å². The number of benzene rings is 1. The molecule has 2 heterocycles. The van der Waals surface area contributed by atoms with Gasteiger partial charge < -0.3 is 4.57 Å². The Bertz CT molecular complexity index is 1090. The van der Waals surface area contributed by atoms with Crippen LogP contribution in [0.15, 0.2) is 38.3 Å². The molecule has 0 unspecified atom stereocenters. The summed E-state index contributed by atoms with van der Waals surface area (Å²) in [5, 5.41) is 1.61. The Morgan fingerprint density at radius 1 is 1.35 bits per heavy atom. The van der Waals surface area contributed by atoms with E-state index in [0.717, 1.165) is 34.8 Å². The maximum absolute atomic E-state index is 14.0. The lowest BCUT2D eigenvalue weighted by Gasteiger charge is -2.01. The van der Waals surface area contributed by atoms with Gasteiger partial charge in [0, 0.05) is 6.07 Å². The van der Waals surface area contributed by atoms with E-state index in [1.807, 2.05) is 0 Å². The zero-order valence-electron chi connectivity index (χ0n) is 11.4. The second-order valence-corrected chi connectivity index (χ2v) is 8.20. The molecule has 0 saturated carbocycles. The SMILES string of the molecule is C#CCn1/c(=N/S(=O)(=O)c2cccs2)sc2cc(F)cc(F)c21. The molecule has 0 aliphatic rings. The average molecular weight is 370 g/mol. The van der Waals surface area contributed by atoms with Gasteiger partial charge in [-0.3, -0.25) is 0 Å². The topological polar surface area (TPSA) is 51.4 Å². The molecule has 0 aliphatic heterocycles. The van der Waals surface area contributed by atoms with Crippen molar-refractivity contribution in [1.29, 1.82) is 0 Å². The van der Waals surface area contributed by atoms with Gasteiger partial charge in [0.25, 0.3) is 10.0 Å². The van der Waals surface area contributed by atoms with Gasteiger partial charge in [-0.05, 0) is 17.5 Å². The maximum Gasteiger partial charge on any atom is 0.294 e. The number of fused-ring (bicyclic) bond motifs is 1. The standard InChI is InChI=1S/C14H8F2N2O2S3/c1-2-5-18-13-10(16)7-9(15)8-11(13)22-14(18)17-23(19,20)12-4-3-6-21-12/h1,3-4,6-8H,5H2/b17-14-. The molecule has 118 valence electrons. The minimum absolute atomic E-state index is 0.00384. The van der Waals surface area contributed by atoms with E-state index in [1.54, 1.807) is 11.4 Å². The highest BCUT2D eigenvalue weighted by atomic mass is 32.2. The average Bonchev–Trinajstić information content (AvgIpc) is 3.08. The van der Waals surface area contributed by atoms with Crippen LogP contribution in [-0.2, 0) is 16.6 Å². The van der Waals surface area contributed by atoms with Crippen molar-refractivity contribution in [1.82, 2.24) is 4.57 Å². The van der Waals surface area contributed by atoms with Gasteiger partial charge in [0.05, 0.1) is 16.8 Å². The van der Waals surface area contributed by atoms with Gasteiger partial charge >= 0.3 is 0 Å². The molecule has 0 spiro atoms. The third kappa shape index (κ3) is 2.93. The number of aromatic nitrogens is 1. The van der Waals surface area contributed by atoms with Crippen LogP contribution in [-0.4, -0.2) is 13.0 Å². The number of thiazole rings is 1. The Labute approximate surface area is 138 Å². The van der Waals surface area contributed by atoms with Crippen molar-refractivity contribution in [3.8, 4) is 12.3 Å². The molecule has 0 radical (unpaired) electrons. The van der Waals surface area contributed by atoms with Crippen molar-refractivity contribution in [2.45, 2.75) is 10.8 Å². The number of hydrogen-bond acceptors (Lipinski definition) is 4. The summed E-state index contributed by atoms with van der Waals surface area (Å²) in [5.74, 6) is 0.751. The van der Waals surface area contributed by atoms with Crippen LogP contribution in [0.3, 0.4) is 0 Å². The Morgan fingerprint density at radius 3 is 2.78 bits per heavy atom. The smallest absolute Gasteiger partial charge is 0.294 e. The van der Waals surface area contributed by atoms with E-state index < -0.39 is 21.7 Å². The molecule has 0 bridgehead atoms. The first-order valence-electron chi connectivity index (χ1n) is 6.19. The number of sulfonamides is 1. The zero-order chi connectivity index (χ0) is 16.6. The van der Waals surface area contributed by atoms with Gasteiger partial charge in [-0.15, -0.1) is 22.2 Å². The first-order chi connectivity index (χ1) is 10.9. The normalized spacial score (nSPS) is 12.7. The van der Waals surface area contributed by atoms with Crippen molar-refractivity contribution in [3.63, 3.8) is 0 Å². The first-order valence-corrected chi connectivity index (χ1v) is 9.32. The summed E-state index contributed by atoms with van der Waals surface area (Å²) in [6.45, 7) is -0.0820. The van der Waals surface area contributed by atoms with Crippen molar-refractivity contribution < 1.29 is 17.2 Å². The van der Waals surface area contributed by atoms with Crippen LogP contribution in [0, 0.1) is 24.0 Å². The number of rotatable bonds is 3. The number of hydrogen-bond donors (Lipinski definition) is 0. The van der Waals surface area contributed by atoms with Crippen LogP contribution < -0.4 is 4.80 Å². The quantitative estimate of drug-likeness (QED) is 0.666. The fraction of sp³-hybridized carbons (Fsp3) is 0.0714. The molecule has 0 aliphatic carbocycles. The highest BCUT2D eigenvalue weighted by molar-refractivity contribution is 7.92. The molecular formula is C14H8F2N2O2S3. The molecule has 0 saturated heterocycles. The third-order valence-corrected chi connectivity index (χ3v) is 6.67. The van der Waals surface area contributed by atoms with Crippen molar-refractivity contribution in [2.24, 2.45) is 4.40 Å². The fourth-order valence-corrected chi connectivity index (χ4v) is 5.24. The van der Waals surface area contributed by atoms with E-state index >= 15 is 0 Å². The Balaban J connectivity index is 2.34. The summed E-state index contributed by atoms with van der Waals surface area (Å²) in [6.07, 6.45) is 5.27. The highest BCUT2D eigenvalue weighted by Gasteiger charge is 2.17. The Morgan fingerprint density at radius 2 is 2.13 bits per heavy atom. The largest absolute Gasteiger partial charge is 0.302 e. The predicted octanol–water partition coefficient (Wildman–Crippen LogP) is 2.97. The summed E-state index contributed by atoms with van der Waals surface area (Å²) in [4.78, 5) is -0.00384. The van der Waals surface area contributed by atoms with E-state index in [-0.39, 0.29) is 25.8 Å². The molecule has 0 atom stereocenters. The molecule has 0 fully saturated rings. The van der Waals surface area contributed by atoms with Crippen LogP contribution >= 0.6 is 22.7 Å².